The number of benzene rings is 2. The van der Waals surface area contributed by atoms with Gasteiger partial charge in [-0.05, 0) is 69.4 Å². The molecule has 2 aromatic carbocycles. The van der Waals surface area contributed by atoms with Crippen molar-refractivity contribution in [1.82, 2.24) is 4.90 Å². The summed E-state index contributed by atoms with van der Waals surface area (Å²) in [7, 11) is 0. The molecule has 1 N–H and O–H groups in total. The predicted octanol–water partition coefficient (Wildman–Crippen LogP) is 4.75. The Kier molecular flexibility index (Phi) is 7.55. The summed E-state index contributed by atoms with van der Waals surface area (Å²) < 4.78 is 25.3. The van der Waals surface area contributed by atoms with Gasteiger partial charge in [0.1, 0.15) is 17.2 Å². The lowest BCUT2D eigenvalue weighted by Gasteiger charge is -2.28. The third-order valence-corrected chi connectivity index (χ3v) is 5.28. The minimum Gasteiger partial charge on any atom is -0.493 e. The maximum absolute atomic E-state index is 13.8. The number of aliphatic hydroxyl groups is 1. The fourth-order valence-electron chi connectivity index (χ4n) is 3.82. The van der Waals surface area contributed by atoms with Crippen molar-refractivity contribution in [2.24, 2.45) is 0 Å². The van der Waals surface area contributed by atoms with E-state index in [2.05, 4.69) is 12.1 Å². The topological polar surface area (TPSA) is 59.0 Å². The maximum Gasteiger partial charge on any atom is 0.410 e. The number of ether oxygens (including phenoxy) is 2. The monoisotopic (exact) mass is 429 g/mol. The maximum atomic E-state index is 13.8. The van der Waals surface area contributed by atoms with Gasteiger partial charge in [-0.25, -0.2) is 9.18 Å². The molecule has 1 saturated heterocycles. The van der Waals surface area contributed by atoms with Crippen LogP contribution in [0.5, 0.6) is 5.75 Å². The number of halogens is 1. The lowest BCUT2D eigenvalue weighted by Crippen LogP contribution is -2.40. The third kappa shape index (κ3) is 6.96. The Labute approximate surface area is 183 Å². The smallest absolute Gasteiger partial charge is 0.410 e. The second-order valence-corrected chi connectivity index (χ2v) is 9.05. The lowest BCUT2D eigenvalue weighted by molar-refractivity contribution is 0.0195. The van der Waals surface area contributed by atoms with Gasteiger partial charge in [-0.1, -0.05) is 30.3 Å². The van der Waals surface area contributed by atoms with Crippen LogP contribution in [-0.4, -0.2) is 47.0 Å². The molecule has 2 aromatic rings. The molecule has 168 valence electrons. The molecule has 0 spiro atoms. The van der Waals surface area contributed by atoms with Crippen LogP contribution in [0.25, 0.3) is 0 Å². The van der Waals surface area contributed by atoms with Gasteiger partial charge in [0, 0.05) is 12.5 Å². The van der Waals surface area contributed by atoms with E-state index in [4.69, 9.17) is 9.47 Å². The number of rotatable bonds is 7. The highest BCUT2D eigenvalue weighted by Crippen LogP contribution is 2.26. The summed E-state index contributed by atoms with van der Waals surface area (Å²) in [6.07, 6.45) is 1.54. The minimum atomic E-state index is -0.590. The van der Waals surface area contributed by atoms with Crippen molar-refractivity contribution >= 4 is 6.09 Å². The molecule has 3 rings (SSSR count). The number of β-amino-alcohol motifs (C(OH)–C–C–N with tert-alkyl or cyclic N) is 1. The van der Waals surface area contributed by atoms with Crippen molar-refractivity contribution in [2.45, 2.75) is 64.2 Å². The molecule has 0 saturated carbocycles. The molecule has 2 atom stereocenters. The van der Waals surface area contributed by atoms with Crippen LogP contribution in [0.2, 0.25) is 0 Å². The summed E-state index contributed by atoms with van der Waals surface area (Å²) in [4.78, 5) is 14.1. The van der Waals surface area contributed by atoms with E-state index < -0.39 is 17.8 Å². The van der Waals surface area contributed by atoms with Gasteiger partial charge in [0.05, 0.1) is 19.3 Å². The van der Waals surface area contributed by atoms with E-state index in [-0.39, 0.29) is 18.4 Å². The Hall–Kier alpha value is -2.60. The molecule has 5 nitrogen and oxygen atoms in total. The zero-order valence-electron chi connectivity index (χ0n) is 18.5. The highest BCUT2D eigenvalue weighted by atomic mass is 19.1. The zero-order chi connectivity index (χ0) is 22.4. The van der Waals surface area contributed by atoms with E-state index in [1.807, 2.05) is 39.0 Å². The molecule has 0 bridgehead atoms. The van der Waals surface area contributed by atoms with Crippen LogP contribution in [0, 0.1) is 5.82 Å². The summed E-state index contributed by atoms with van der Waals surface area (Å²) >= 11 is 0. The average Bonchev–Trinajstić information content (AvgIpc) is 3.08. The molecule has 1 heterocycles. The molecule has 1 amide bonds. The first-order chi connectivity index (χ1) is 14.7. The summed E-state index contributed by atoms with van der Waals surface area (Å²) in [5, 5.41) is 10.1. The Morgan fingerprint density at radius 2 is 1.90 bits per heavy atom. The second-order valence-electron chi connectivity index (χ2n) is 9.05. The number of hydrogen-bond acceptors (Lipinski definition) is 4. The van der Waals surface area contributed by atoms with Gasteiger partial charge < -0.3 is 19.5 Å². The Morgan fingerprint density at radius 3 is 2.61 bits per heavy atom. The van der Waals surface area contributed by atoms with Crippen LogP contribution >= 0.6 is 0 Å². The molecule has 1 aliphatic rings. The SMILES string of the molecule is CC(C)(C)OC(=O)N1C[C@H](O)C[C@H]1CCOc1ccc(F)cc1CCc1ccccc1. The first kappa shape index (κ1) is 23.1. The van der Waals surface area contributed by atoms with Crippen molar-refractivity contribution in [3.63, 3.8) is 0 Å². The number of aliphatic hydroxyl groups excluding tert-OH is 1. The van der Waals surface area contributed by atoms with Gasteiger partial charge >= 0.3 is 6.09 Å². The fourth-order valence-corrected chi connectivity index (χ4v) is 3.82. The lowest BCUT2D eigenvalue weighted by atomic mass is 10.0. The van der Waals surface area contributed by atoms with Crippen molar-refractivity contribution in [3.05, 3.63) is 65.5 Å². The molecule has 31 heavy (non-hydrogen) atoms. The summed E-state index contributed by atoms with van der Waals surface area (Å²) in [6.45, 7) is 6.09. The molecule has 0 unspecified atom stereocenters. The Morgan fingerprint density at radius 1 is 1.16 bits per heavy atom. The number of aryl methyl sites for hydroxylation is 2. The minimum absolute atomic E-state index is 0.155. The van der Waals surface area contributed by atoms with Crippen molar-refractivity contribution in [2.75, 3.05) is 13.2 Å². The predicted molar refractivity (Wildman–Crippen MR) is 118 cm³/mol. The van der Waals surface area contributed by atoms with Crippen LogP contribution in [0.15, 0.2) is 48.5 Å². The van der Waals surface area contributed by atoms with E-state index in [1.54, 1.807) is 11.0 Å². The summed E-state index contributed by atoms with van der Waals surface area (Å²) in [5.74, 6) is 0.366. The summed E-state index contributed by atoms with van der Waals surface area (Å²) in [5.41, 5.74) is 1.41. The van der Waals surface area contributed by atoms with Gasteiger partial charge in [-0.2, -0.15) is 0 Å². The molecule has 1 fully saturated rings. The second kappa shape index (κ2) is 10.1. The van der Waals surface area contributed by atoms with Gasteiger partial charge in [-0.3, -0.25) is 0 Å². The molecule has 1 aliphatic heterocycles. The molecular formula is C25H32FNO4. The van der Waals surface area contributed by atoms with Crippen molar-refractivity contribution in [3.8, 4) is 5.75 Å². The third-order valence-electron chi connectivity index (χ3n) is 5.28. The molecular weight excluding hydrogens is 397 g/mol. The molecule has 0 aliphatic carbocycles. The van der Waals surface area contributed by atoms with Crippen LogP contribution in [-0.2, 0) is 17.6 Å². The number of hydrogen-bond donors (Lipinski definition) is 1. The van der Waals surface area contributed by atoms with Crippen LogP contribution in [0.1, 0.15) is 44.7 Å². The van der Waals surface area contributed by atoms with E-state index in [0.717, 1.165) is 12.0 Å². The zero-order valence-corrected chi connectivity index (χ0v) is 18.5. The van der Waals surface area contributed by atoms with Gasteiger partial charge in [-0.15, -0.1) is 0 Å². The van der Waals surface area contributed by atoms with Gasteiger partial charge in [0.2, 0.25) is 0 Å². The first-order valence-electron chi connectivity index (χ1n) is 10.8. The largest absolute Gasteiger partial charge is 0.493 e. The number of likely N-dealkylation sites (tertiary alicyclic amines) is 1. The Bertz CT molecular complexity index is 866. The van der Waals surface area contributed by atoms with E-state index in [1.165, 1.54) is 17.7 Å². The van der Waals surface area contributed by atoms with E-state index >= 15 is 0 Å². The van der Waals surface area contributed by atoms with Crippen molar-refractivity contribution in [1.29, 1.82) is 0 Å². The number of carbonyl (C=O) groups is 1. The number of nitrogens with zero attached hydrogens (tertiary/aromatic N) is 1. The normalized spacial score (nSPS) is 18.8. The summed E-state index contributed by atoms with van der Waals surface area (Å²) in [6, 6.07) is 14.5. The van der Waals surface area contributed by atoms with Crippen LogP contribution < -0.4 is 4.74 Å². The van der Waals surface area contributed by atoms with E-state index in [9.17, 15) is 14.3 Å². The van der Waals surface area contributed by atoms with Gasteiger partial charge in [0.25, 0.3) is 0 Å². The molecule has 0 radical (unpaired) electrons. The Balaban J connectivity index is 1.58. The highest BCUT2D eigenvalue weighted by Gasteiger charge is 2.36. The van der Waals surface area contributed by atoms with Crippen LogP contribution in [0.4, 0.5) is 9.18 Å². The van der Waals surface area contributed by atoms with Crippen LogP contribution in [0.3, 0.4) is 0 Å². The van der Waals surface area contributed by atoms with E-state index in [0.29, 0.717) is 31.6 Å². The highest BCUT2D eigenvalue weighted by molar-refractivity contribution is 5.69. The first-order valence-corrected chi connectivity index (χ1v) is 10.8. The molecule has 6 heteroatoms. The van der Waals surface area contributed by atoms with Crippen molar-refractivity contribution < 1.29 is 23.8 Å². The fraction of sp³-hybridized carbons (Fsp3) is 0.480. The quantitative estimate of drug-likeness (QED) is 0.690. The number of amides is 1. The van der Waals surface area contributed by atoms with Gasteiger partial charge in [0.15, 0.2) is 0 Å². The molecule has 0 aromatic heterocycles. The standard InChI is InChI=1S/C25H32FNO4/c1-25(2,3)31-24(29)27-17-22(28)16-21(27)13-14-30-23-12-11-20(26)15-19(23)10-9-18-7-5-4-6-8-18/h4-8,11-12,15,21-22,28H,9-10,13-14,16-17H2,1-3H3/t21-,22-/m1/s1. The average molecular weight is 430 g/mol. The number of carbonyl (C=O) groups excluding carboxylic acids is 1.